The molecule has 2 unspecified atom stereocenters. The van der Waals surface area contributed by atoms with Crippen LogP contribution in [0.5, 0.6) is 0 Å². The summed E-state index contributed by atoms with van der Waals surface area (Å²) in [4.78, 5) is 36.5. The molecule has 2 atom stereocenters. The molecule has 1 rings (SSSR count). The summed E-state index contributed by atoms with van der Waals surface area (Å²) in [6.45, 7) is 5.69. The molecule has 17 heavy (non-hydrogen) atoms. The smallest absolute Gasteiger partial charge is 0.249 e. The molecule has 0 radical (unpaired) electrons. The van der Waals surface area contributed by atoms with Crippen LogP contribution in [0.4, 0.5) is 0 Å². The van der Waals surface area contributed by atoms with Crippen molar-refractivity contribution < 1.29 is 14.4 Å². The number of imide groups is 1. The zero-order valence-electron chi connectivity index (χ0n) is 10.7. The van der Waals surface area contributed by atoms with Crippen molar-refractivity contribution >= 4 is 17.7 Å². The number of carbonyl (C=O) groups excluding carboxylic acids is 3. The van der Waals surface area contributed by atoms with Gasteiger partial charge in [-0.2, -0.15) is 0 Å². The minimum atomic E-state index is -0.500. The lowest BCUT2D eigenvalue weighted by Gasteiger charge is -2.35. The van der Waals surface area contributed by atoms with E-state index in [-0.39, 0.29) is 24.3 Å². The van der Waals surface area contributed by atoms with Gasteiger partial charge in [0.05, 0.1) is 0 Å². The van der Waals surface area contributed by atoms with Crippen LogP contribution in [-0.4, -0.2) is 35.2 Å². The second-order valence-electron chi connectivity index (χ2n) is 4.49. The van der Waals surface area contributed by atoms with E-state index >= 15 is 0 Å². The molecule has 5 nitrogen and oxygen atoms in total. The molecule has 1 saturated heterocycles. The molecule has 0 aromatic rings. The molecule has 0 aromatic carbocycles. The van der Waals surface area contributed by atoms with Crippen LogP contribution in [-0.2, 0) is 14.4 Å². The summed E-state index contributed by atoms with van der Waals surface area (Å²) < 4.78 is 0. The molecule has 0 saturated carbocycles. The van der Waals surface area contributed by atoms with E-state index in [4.69, 9.17) is 0 Å². The zero-order chi connectivity index (χ0) is 13.0. The highest BCUT2D eigenvalue weighted by molar-refractivity contribution is 6.04. The third kappa shape index (κ3) is 3.05. The average molecular weight is 240 g/mol. The Morgan fingerprint density at radius 1 is 1.47 bits per heavy atom. The number of carbonyl (C=O) groups is 3. The van der Waals surface area contributed by atoms with Gasteiger partial charge in [-0.15, -0.1) is 0 Å². The summed E-state index contributed by atoms with van der Waals surface area (Å²) in [5.41, 5.74) is 0. The van der Waals surface area contributed by atoms with Crippen LogP contribution >= 0.6 is 0 Å². The molecule has 5 heteroatoms. The van der Waals surface area contributed by atoms with Gasteiger partial charge in [0, 0.05) is 5.92 Å². The first-order valence-electron chi connectivity index (χ1n) is 6.15. The number of hydrogen-bond acceptors (Lipinski definition) is 3. The summed E-state index contributed by atoms with van der Waals surface area (Å²) in [6.07, 6.45) is 2.23. The lowest BCUT2D eigenvalue weighted by atomic mass is 10.0. The van der Waals surface area contributed by atoms with Gasteiger partial charge < -0.3 is 4.90 Å². The quantitative estimate of drug-likeness (QED) is 0.735. The fraction of sp³-hybridized carbons (Fsp3) is 0.750. The van der Waals surface area contributed by atoms with Crippen molar-refractivity contribution in [2.24, 2.45) is 5.92 Å². The summed E-state index contributed by atoms with van der Waals surface area (Å²) in [6, 6.07) is -0.500. The molecule has 0 bridgehead atoms. The predicted molar refractivity (Wildman–Crippen MR) is 63.0 cm³/mol. The van der Waals surface area contributed by atoms with Gasteiger partial charge in [-0.05, 0) is 12.8 Å². The third-order valence-corrected chi connectivity index (χ3v) is 3.07. The topological polar surface area (TPSA) is 66.5 Å². The van der Waals surface area contributed by atoms with E-state index in [2.05, 4.69) is 5.32 Å². The fourth-order valence-electron chi connectivity index (χ4n) is 2.14. The largest absolute Gasteiger partial charge is 0.321 e. The van der Waals surface area contributed by atoms with Gasteiger partial charge in [0.15, 0.2) is 0 Å². The number of amides is 3. The molecule has 0 spiro atoms. The second-order valence-corrected chi connectivity index (χ2v) is 4.49. The van der Waals surface area contributed by atoms with Gasteiger partial charge in [-0.1, -0.05) is 27.2 Å². The van der Waals surface area contributed by atoms with Gasteiger partial charge >= 0.3 is 0 Å². The number of hydrogen-bond donors (Lipinski definition) is 1. The first-order chi connectivity index (χ1) is 8.01. The SMILES string of the molecule is CCCC(C)C(=O)N1CC(=O)NC(=O)C1CC. The van der Waals surface area contributed by atoms with Crippen LogP contribution in [0.2, 0.25) is 0 Å². The fourth-order valence-corrected chi connectivity index (χ4v) is 2.14. The molecule has 1 heterocycles. The monoisotopic (exact) mass is 240 g/mol. The molecular formula is C12H20N2O3. The Hall–Kier alpha value is -1.39. The van der Waals surface area contributed by atoms with Crippen molar-refractivity contribution in [2.45, 2.75) is 46.1 Å². The Morgan fingerprint density at radius 2 is 2.12 bits per heavy atom. The maximum Gasteiger partial charge on any atom is 0.249 e. The van der Waals surface area contributed by atoms with Gasteiger partial charge in [-0.3, -0.25) is 19.7 Å². The van der Waals surface area contributed by atoms with E-state index in [0.717, 1.165) is 12.8 Å². The lowest BCUT2D eigenvalue weighted by Crippen LogP contribution is -2.60. The summed E-state index contributed by atoms with van der Waals surface area (Å²) in [5, 5.41) is 2.26. The van der Waals surface area contributed by atoms with Crippen LogP contribution in [0.3, 0.4) is 0 Å². The van der Waals surface area contributed by atoms with Crippen LogP contribution in [0.1, 0.15) is 40.0 Å². The minimum Gasteiger partial charge on any atom is -0.321 e. The van der Waals surface area contributed by atoms with E-state index in [0.29, 0.717) is 6.42 Å². The number of nitrogens with zero attached hydrogens (tertiary/aromatic N) is 1. The van der Waals surface area contributed by atoms with E-state index in [1.807, 2.05) is 20.8 Å². The maximum absolute atomic E-state index is 12.1. The van der Waals surface area contributed by atoms with Gasteiger partial charge in [-0.25, -0.2) is 0 Å². The highest BCUT2D eigenvalue weighted by atomic mass is 16.2. The van der Waals surface area contributed by atoms with Crippen LogP contribution in [0.15, 0.2) is 0 Å². The first kappa shape index (κ1) is 13.7. The van der Waals surface area contributed by atoms with E-state index in [9.17, 15) is 14.4 Å². The molecule has 1 aliphatic rings. The van der Waals surface area contributed by atoms with Crippen molar-refractivity contribution in [2.75, 3.05) is 6.54 Å². The lowest BCUT2D eigenvalue weighted by molar-refractivity contribution is -0.152. The van der Waals surface area contributed by atoms with Crippen molar-refractivity contribution in [3.63, 3.8) is 0 Å². The van der Waals surface area contributed by atoms with Crippen molar-refractivity contribution in [1.82, 2.24) is 10.2 Å². The highest BCUT2D eigenvalue weighted by Gasteiger charge is 2.36. The second kappa shape index (κ2) is 5.80. The molecule has 1 fully saturated rings. The molecule has 3 amide bonds. The standard InChI is InChI=1S/C12H20N2O3/c1-4-6-8(3)12(17)14-7-10(15)13-11(16)9(14)5-2/h8-9H,4-7H2,1-3H3,(H,13,15,16). The molecular weight excluding hydrogens is 220 g/mol. The Bertz CT molecular complexity index is 328. The van der Waals surface area contributed by atoms with E-state index < -0.39 is 11.9 Å². The van der Waals surface area contributed by atoms with Gasteiger partial charge in [0.1, 0.15) is 12.6 Å². The Balaban J connectivity index is 2.81. The Morgan fingerprint density at radius 3 is 2.65 bits per heavy atom. The van der Waals surface area contributed by atoms with Gasteiger partial charge in [0.25, 0.3) is 0 Å². The van der Waals surface area contributed by atoms with Gasteiger partial charge in [0.2, 0.25) is 17.7 Å². The summed E-state index contributed by atoms with van der Waals surface area (Å²) >= 11 is 0. The number of rotatable bonds is 4. The summed E-state index contributed by atoms with van der Waals surface area (Å²) in [7, 11) is 0. The van der Waals surface area contributed by atoms with Crippen molar-refractivity contribution in [3.8, 4) is 0 Å². The van der Waals surface area contributed by atoms with Crippen LogP contribution in [0, 0.1) is 5.92 Å². The van der Waals surface area contributed by atoms with Crippen molar-refractivity contribution in [1.29, 1.82) is 0 Å². The molecule has 1 N–H and O–H groups in total. The molecule has 0 aromatic heterocycles. The minimum absolute atomic E-state index is 0.00284. The average Bonchev–Trinajstić information content (AvgIpc) is 2.27. The van der Waals surface area contributed by atoms with Crippen LogP contribution in [0.25, 0.3) is 0 Å². The highest BCUT2D eigenvalue weighted by Crippen LogP contribution is 2.16. The molecule has 96 valence electrons. The van der Waals surface area contributed by atoms with Crippen LogP contribution < -0.4 is 5.32 Å². The van der Waals surface area contributed by atoms with Crippen molar-refractivity contribution in [3.05, 3.63) is 0 Å². The molecule has 0 aliphatic carbocycles. The normalized spacial score (nSPS) is 22.3. The Labute approximate surface area is 102 Å². The molecule has 1 aliphatic heterocycles. The third-order valence-electron chi connectivity index (χ3n) is 3.07. The number of nitrogens with one attached hydrogen (secondary N) is 1. The first-order valence-corrected chi connectivity index (χ1v) is 6.15. The Kier molecular flexibility index (Phi) is 4.66. The maximum atomic E-state index is 12.1. The number of piperazine rings is 1. The predicted octanol–water partition coefficient (Wildman–Crippen LogP) is 0.686. The van der Waals surface area contributed by atoms with E-state index in [1.54, 1.807) is 0 Å². The summed E-state index contributed by atoms with van der Waals surface area (Å²) in [5.74, 6) is -0.979. The van der Waals surface area contributed by atoms with E-state index in [1.165, 1.54) is 4.90 Å². The zero-order valence-corrected chi connectivity index (χ0v) is 10.7.